The number of carbonyl (C=O) groups excluding carboxylic acids is 1. The first-order valence-corrected chi connectivity index (χ1v) is 8.76. The number of methoxy groups -OCH3 is 1. The Labute approximate surface area is 158 Å². The maximum atomic E-state index is 12.6. The molecule has 0 N–H and O–H groups in total. The zero-order valence-corrected chi connectivity index (χ0v) is 15.0. The maximum absolute atomic E-state index is 12.6. The van der Waals surface area contributed by atoms with Crippen LogP contribution in [0.15, 0.2) is 64.0 Å². The summed E-state index contributed by atoms with van der Waals surface area (Å²) in [5.41, 5.74) is 1.29. The van der Waals surface area contributed by atoms with Crippen LogP contribution in [-0.2, 0) is 11.3 Å². The van der Waals surface area contributed by atoms with E-state index in [-0.39, 0.29) is 17.1 Å². The van der Waals surface area contributed by atoms with E-state index in [0.717, 1.165) is 5.56 Å². The van der Waals surface area contributed by atoms with Crippen molar-refractivity contribution in [2.45, 2.75) is 17.3 Å². The Morgan fingerprint density at radius 3 is 2.63 bits per heavy atom. The second-order valence-corrected chi connectivity index (χ2v) is 6.39. The summed E-state index contributed by atoms with van der Waals surface area (Å²) in [4.78, 5) is 12.4. The van der Waals surface area contributed by atoms with Gasteiger partial charge in [0.2, 0.25) is 0 Å². The average Bonchev–Trinajstić information content (AvgIpc) is 3.15. The number of rotatable bonds is 7. The normalized spacial score (nSPS) is 10.8. The number of carbonyl (C=O) groups is 1. The fraction of sp³-hybridized carbons (Fsp3) is 0.158. The highest BCUT2D eigenvalue weighted by Gasteiger charge is 2.17. The zero-order valence-electron chi connectivity index (χ0n) is 14.2. The third-order valence-corrected chi connectivity index (χ3v) is 4.40. The van der Waals surface area contributed by atoms with E-state index in [4.69, 9.17) is 14.0 Å². The third-order valence-electron chi connectivity index (χ3n) is 3.61. The highest BCUT2D eigenvalue weighted by atomic mass is 32.2. The highest BCUT2D eigenvalue weighted by molar-refractivity contribution is 7.99. The second-order valence-electron chi connectivity index (χ2n) is 5.36. The molecule has 0 aliphatic carbocycles. The predicted molar refractivity (Wildman–Crippen MR) is 95.9 cm³/mol. The molecule has 8 heteroatoms. The number of aromatic nitrogens is 1. The Balaban J connectivity index is 1.65. The van der Waals surface area contributed by atoms with Gasteiger partial charge < -0.3 is 14.0 Å². The summed E-state index contributed by atoms with van der Waals surface area (Å²) in [6.45, 7) is -0.133. The molecule has 0 atom stereocenters. The minimum atomic E-state index is -2.62. The van der Waals surface area contributed by atoms with Gasteiger partial charge >= 0.3 is 5.97 Å². The summed E-state index contributed by atoms with van der Waals surface area (Å²) >= 11 is 0.301. The fourth-order valence-electron chi connectivity index (χ4n) is 2.32. The van der Waals surface area contributed by atoms with Crippen molar-refractivity contribution in [3.05, 3.63) is 65.9 Å². The van der Waals surface area contributed by atoms with E-state index in [1.807, 2.05) is 12.1 Å². The van der Waals surface area contributed by atoms with Gasteiger partial charge in [0.15, 0.2) is 5.76 Å². The summed E-state index contributed by atoms with van der Waals surface area (Å²) in [6.07, 6.45) is 0. The smallest absolute Gasteiger partial charge is 0.339 e. The minimum absolute atomic E-state index is 0.0849. The molecule has 3 rings (SSSR count). The SMILES string of the molecule is COc1ccc(-c2cc(COC(=O)c3ccccc3SC(F)F)no2)cc1. The summed E-state index contributed by atoms with van der Waals surface area (Å²) < 4.78 is 40.7. The Kier molecular flexibility index (Phi) is 6.08. The first kappa shape index (κ1) is 18.9. The van der Waals surface area contributed by atoms with E-state index < -0.39 is 11.7 Å². The average molecular weight is 391 g/mol. The number of halogens is 2. The lowest BCUT2D eigenvalue weighted by Crippen LogP contribution is -2.07. The number of nitrogens with zero attached hydrogens (tertiary/aromatic N) is 1. The van der Waals surface area contributed by atoms with Crippen LogP contribution < -0.4 is 4.74 Å². The molecular weight excluding hydrogens is 376 g/mol. The zero-order chi connectivity index (χ0) is 19.2. The van der Waals surface area contributed by atoms with Crippen molar-refractivity contribution in [1.82, 2.24) is 5.16 Å². The van der Waals surface area contributed by atoms with Crippen molar-refractivity contribution in [2.24, 2.45) is 0 Å². The van der Waals surface area contributed by atoms with Crippen LogP contribution in [0.1, 0.15) is 16.1 Å². The molecule has 3 aromatic rings. The molecule has 0 aliphatic rings. The number of ether oxygens (including phenoxy) is 2. The predicted octanol–water partition coefficient (Wildman–Crippen LogP) is 5.02. The van der Waals surface area contributed by atoms with Gasteiger partial charge in [0.25, 0.3) is 5.76 Å². The highest BCUT2D eigenvalue weighted by Crippen LogP contribution is 2.29. The monoisotopic (exact) mass is 391 g/mol. The van der Waals surface area contributed by atoms with Crippen LogP contribution >= 0.6 is 11.8 Å². The molecule has 1 aromatic heterocycles. The molecule has 0 radical (unpaired) electrons. The van der Waals surface area contributed by atoms with E-state index in [1.165, 1.54) is 12.1 Å². The molecule has 0 spiro atoms. The molecule has 0 fully saturated rings. The minimum Gasteiger partial charge on any atom is -0.497 e. The van der Waals surface area contributed by atoms with Crippen LogP contribution in [0.5, 0.6) is 5.75 Å². The number of hydrogen-bond donors (Lipinski definition) is 0. The van der Waals surface area contributed by atoms with Crippen molar-refractivity contribution >= 4 is 17.7 Å². The van der Waals surface area contributed by atoms with Gasteiger partial charge in [-0.05, 0) is 36.4 Å². The molecule has 0 bridgehead atoms. The van der Waals surface area contributed by atoms with Crippen molar-refractivity contribution in [1.29, 1.82) is 0 Å². The summed E-state index contributed by atoms with van der Waals surface area (Å²) in [7, 11) is 1.58. The number of benzene rings is 2. The lowest BCUT2D eigenvalue weighted by molar-refractivity contribution is 0.0460. The van der Waals surface area contributed by atoms with Crippen molar-refractivity contribution in [2.75, 3.05) is 7.11 Å². The molecule has 0 unspecified atom stereocenters. The van der Waals surface area contributed by atoms with Crippen LogP contribution in [0.25, 0.3) is 11.3 Å². The van der Waals surface area contributed by atoms with Gasteiger partial charge in [-0.25, -0.2) is 4.79 Å². The molecule has 0 saturated heterocycles. The number of hydrogen-bond acceptors (Lipinski definition) is 6. The lowest BCUT2D eigenvalue weighted by Gasteiger charge is -2.07. The van der Waals surface area contributed by atoms with Crippen molar-refractivity contribution in [3.8, 4) is 17.1 Å². The van der Waals surface area contributed by atoms with Crippen molar-refractivity contribution < 1.29 is 27.6 Å². The largest absolute Gasteiger partial charge is 0.497 e. The number of thioether (sulfide) groups is 1. The Morgan fingerprint density at radius 1 is 1.19 bits per heavy atom. The topological polar surface area (TPSA) is 61.6 Å². The quantitative estimate of drug-likeness (QED) is 0.416. The lowest BCUT2D eigenvalue weighted by atomic mass is 10.1. The first-order valence-electron chi connectivity index (χ1n) is 7.88. The van der Waals surface area contributed by atoms with E-state index in [0.29, 0.717) is 29.0 Å². The summed E-state index contributed by atoms with van der Waals surface area (Å²) in [5.74, 6) is -2.10. The Hall–Kier alpha value is -2.87. The van der Waals surface area contributed by atoms with Crippen LogP contribution in [0.2, 0.25) is 0 Å². The molecule has 0 aliphatic heterocycles. The van der Waals surface area contributed by atoms with Gasteiger partial charge in [-0.3, -0.25) is 0 Å². The van der Waals surface area contributed by atoms with Crippen LogP contribution in [0.4, 0.5) is 8.78 Å². The molecule has 0 saturated carbocycles. The fourth-order valence-corrected chi connectivity index (χ4v) is 2.95. The van der Waals surface area contributed by atoms with Gasteiger partial charge in [-0.15, -0.1) is 0 Å². The molecule has 5 nitrogen and oxygen atoms in total. The van der Waals surface area contributed by atoms with Gasteiger partial charge in [-0.2, -0.15) is 8.78 Å². The van der Waals surface area contributed by atoms with Crippen LogP contribution in [0, 0.1) is 0 Å². The molecule has 2 aromatic carbocycles. The van der Waals surface area contributed by atoms with Gasteiger partial charge in [0.1, 0.15) is 18.1 Å². The van der Waals surface area contributed by atoms with E-state index in [9.17, 15) is 13.6 Å². The first-order chi connectivity index (χ1) is 13.1. The van der Waals surface area contributed by atoms with Gasteiger partial charge in [0.05, 0.1) is 12.7 Å². The van der Waals surface area contributed by atoms with E-state index in [1.54, 1.807) is 37.4 Å². The Morgan fingerprint density at radius 2 is 1.93 bits per heavy atom. The number of alkyl halides is 2. The second kappa shape index (κ2) is 8.68. The molecule has 140 valence electrons. The maximum Gasteiger partial charge on any atom is 0.339 e. The standard InChI is InChI=1S/C19H15F2NO4S/c1-24-14-8-6-12(7-9-14)16-10-13(22-26-16)11-25-18(23)15-4-2-3-5-17(15)27-19(20)21/h2-10,19H,11H2,1H3. The molecule has 1 heterocycles. The molecule has 0 amide bonds. The van der Waals surface area contributed by atoms with Crippen LogP contribution in [-0.4, -0.2) is 24.0 Å². The van der Waals surface area contributed by atoms with E-state index >= 15 is 0 Å². The van der Waals surface area contributed by atoms with Crippen LogP contribution in [0.3, 0.4) is 0 Å². The summed E-state index contributed by atoms with van der Waals surface area (Å²) in [5, 5.41) is 3.86. The molecular formula is C19H15F2NO4S. The summed E-state index contributed by atoms with van der Waals surface area (Å²) in [6, 6.07) is 14.9. The molecule has 27 heavy (non-hydrogen) atoms. The Bertz CT molecular complexity index is 912. The number of esters is 1. The van der Waals surface area contributed by atoms with E-state index in [2.05, 4.69) is 5.16 Å². The van der Waals surface area contributed by atoms with Gasteiger partial charge in [-0.1, -0.05) is 29.1 Å². The third kappa shape index (κ3) is 4.85. The van der Waals surface area contributed by atoms with Gasteiger partial charge in [0, 0.05) is 16.5 Å². The van der Waals surface area contributed by atoms with Crippen molar-refractivity contribution in [3.63, 3.8) is 0 Å².